The van der Waals surface area contributed by atoms with Crippen LogP contribution in [0.5, 0.6) is 0 Å². The molecule has 0 saturated heterocycles. The molecular formula is C15H22FNO2S. The van der Waals surface area contributed by atoms with E-state index in [0.717, 1.165) is 24.8 Å². The summed E-state index contributed by atoms with van der Waals surface area (Å²) in [7, 11) is -3.00. The Morgan fingerprint density at radius 3 is 2.65 bits per heavy atom. The summed E-state index contributed by atoms with van der Waals surface area (Å²) in [6.45, 7) is 1.71. The average Bonchev–Trinajstić information content (AvgIpc) is 2.40. The molecule has 0 radical (unpaired) electrons. The van der Waals surface area contributed by atoms with E-state index in [4.69, 9.17) is 5.73 Å². The quantitative estimate of drug-likeness (QED) is 0.933. The van der Waals surface area contributed by atoms with E-state index in [2.05, 4.69) is 0 Å². The van der Waals surface area contributed by atoms with E-state index in [-0.39, 0.29) is 23.0 Å². The summed E-state index contributed by atoms with van der Waals surface area (Å²) < 4.78 is 36.7. The predicted octanol–water partition coefficient (Wildman–Crippen LogP) is 2.74. The van der Waals surface area contributed by atoms with Gasteiger partial charge in [-0.3, -0.25) is 0 Å². The van der Waals surface area contributed by atoms with Gasteiger partial charge < -0.3 is 5.73 Å². The molecule has 5 heteroatoms. The summed E-state index contributed by atoms with van der Waals surface area (Å²) in [5, 5.41) is -0.283. The molecule has 1 aromatic rings. The maximum absolute atomic E-state index is 13.3. The average molecular weight is 299 g/mol. The lowest BCUT2D eigenvalue weighted by Crippen LogP contribution is -2.33. The van der Waals surface area contributed by atoms with E-state index in [0.29, 0.717) is 12.0 Å². The Kier molecular flexibility index (Phi) is 4.49. The standard InChI is InChI=1S/C15H22FNO2S/c1-10-8-12(6-7-14(10)16)15(17)11-4-3-5-13(9-11)20(2,18)19/h6-8,11,13,15H,3-5,9,17H2,1-2H3. The van der Waals surface area contributed by atoms with Gasteiger partial charge in [-0.1, -0.05) is 18.6 Å². The van der Waals surface area contributed by atoms with Crippen LogP contribution < -0.4 is 5.73 Å². The van der Waals surface area contributed by atoms with Crippen LogP contribution in [-0.2, 0) is 9.84 Å². The third-order valence-corrected chi connectivity index (χ3v) is 5.99. The summed E-state index contributed by atoms with van der Waals surface area (Å²) in [6, 6.07) is 4.68. The van der Waals surface area contributed by atoms with Crippen molar-refractivity contribution in [3.8, 4) is 0 Å². The topological polar surface area (TPSA) is 60.2 Å². The van der Waals surface area contributed by atoms with E-state index in [9.17, 15) is 12.8 Å². The second kappa shape index (κ2) is 5.82. The predicted molar refractivity (Wildman–Crippen MR) is 78.7 cm³/mol. The zero-order valence-electron chi connectivity index (χ0n) is 12.0. The minimum atomic E-state index is -3.00. The van der Waals surface area contributed by atoms with Crippen LogP contribution in [-0.4, -0.2) is 19.9 Å². The van der Waals surface area contributed by atoms with Crippen LogP contribution in [0, 0.1) is 18.7 Å². The van der Waals surface area contributed by atoms with Gasteiger partial charge in [0.25, 0.3) is 0 Å². The molecule has 1 aliphatic carbocycles. The van der Waals surface area contributed by atoms with Crippen LogP contribution >= 0.6 is 0 Å². The first-order valence-corrected chi connectivity index (χ1v) is 8.95. The number of nitrogens with two attached hydrogens (primary N) is 1. The molecule has 1 aliphatic rings. The zero-order chi connectivity index (χ0) is 14.9. The second-order valence-corrected chi connectivity index (χ2v) is 8.24. The molecule has 0 aliphatic heterocycles. The van der Waals surface area contributed by atoms with Gasteiger partial charge in [0.1, 0.15) is 15.7 Å². The first-order chi connectivity index (χ1) is 9.29. The lowest BCUT2D eigenvalue weighted by atomic mass is 9.81. The van der Waals surface area contributed by atoms with E-state index in [1.807, 2.05) is 0 Å². The van der Waals surface area contributed by atoms with Crippen LogP contribution in [0.4, 0.5) is 4.39 Å². The third kappa shape index (κ3) is 3.38. The molecule has 0 heterocycles. The Hall–Kier alpha value is -0.940. The molecule has 0 bridgehead atoms. The van der Waals surface area contributed by atoms with Gasteiger partial charge in [-0.05, 0) is 49.3 Å². The number of sulfone groups is 1. The highest BCUT2D eigenvalue weighted by atomic mass is 32.2. The molecular weight excluding hydrogens is 277 g/mol. The SMILES string of the molecule is Cc1cc(C(N)C2CCCC(S(C)(=O)=O)C2)ccc1F. The van der Waals surface area contributed by atoms with Gasteiger partial charge in [-0.25, -0.2) is 12.8 Å². The minimum Gasteiger partial charge on any atom is -0.324 e. The smallest absolute Gasteiger partial charge is 0.150 e. The van der Waals surface area contributed by atoms with E-state index in [1.54, 1.807) is 19.1 Å². The Labute approximate surface area is 120 Å². The van der Waals surface area contributed by atoms with E-state index in [1.165, 1.54) is 12.3 Å². The van der Waals surface area contributed by atoms with Gasteiger partial charge in [0.2, 0.25) is 0 Å². The normalized spacial score (nSPS) is 25.4. The molecule has 1 aromatic carbocycles. The molecule has 1 fully saturated rings. The maximum Gasteiger partial charge on any atom is 0.150 e. The van der Waals surface area contributed by atoms with Crippen LogP contribution in [0.2, 0.25) is 0 Å². The number of halogens is 1. The largest absolute Gasteiger partial charge is 0.324 e. The van der Waals surface area contributed by atoms with Gasteiger partial charge in [0.05, 0.1) is 5.25 Å². The first kappa shape index (κ1) is 15.4. The molecule has 0 spiro atoms. The van der Waals surface area contributed by atoms with Gasteiger partial charge in [0, 0.05) is 12.3 Å². The van der Waals surface area contributed by atoms with Crippen molar-refractivity contribution in [2.24, 2.45) is 11.7 Å². The van der Waals surface area contributed by atoms with Crippen molar-refractivity contribution in [2.45, 2.75) is 43.9 Å². The molecule has 2 rings (SSSR count). The number of hydrogen-bond acceptors (Lipinski definition) is 3. The third-order valence-electron chi connectivity index (χ3n) is 4.35. The van der Waals surface area contributed by atoms with Crippen LogP contribution in [0.15, 0.2) is 18.2 Å². The monoisotopic (exact) mass is 299 g/mol. The molecule has 3 unspecified atom stereocenters. The minimum absolute atomic E-state index is 0.147. The van der Waals surface area contributed by atoms with Crippen LogP contribution in [0.25, 0.3) is 0 Å². The summed E-state index contributed by atoms with van der Waals surface area (Å²) in [5.74, 6) is -0.0908. The Bertz CT molecular complexity index is 586. The molecule has 3 atom stereocenters. The number of aryl methyl sites for hydroxylation is 1. The second-order valence-electron chi connectivity index (χ2n) is 5.91. The van der Waals surface area contributed by atoms with Crippen molar-refractivity contribution < 1.29 is 12.8 Å². The number of benzene rings is 1. The van der Waals surface area contributed by atoms with Crippen molar-refractivity contribution in [3.05, 3.63) is 35.1 Å². The Balaban J connectivity index is 2.16. The Morgan fingerprint density at radius 2 is 2.05 bits per heavy atom. The summed E-state index contributed by atoms with van der Waals surface area (Å²) >= 11 is 0. The fourth-order valence-corrected chi connectivity index (χ4v) is 4.24. The van der Waals surface area contributed by atoms with Crippen molar-refractivity contribution >= 4 is 9.84 Å². The lowest BCUT2D eigenvalue weighted by Gasteiger charge is -2.32. The molecule has 1 saturated carbocycles. The maximum atomic E-state index is 13.3. The number of rotatable bonds is 3. The molecule has 2 N–H and O–H groups in total. The van der Waals surface area contributed by atoms with Crippen LogP contribution in [0.3, 0.4) is 0 Å². The van der Waals surface area contributed by atoms with Gasteiger partial charge in [-0.15, -0.1) is 0 Å². The number of hydrogen-bond donors (Lipinski definition) is 1. The highest BCUT2D eigenvalue weighted by Gasteiger charge is 2.32. The zero-order valence-corrected chi connectivity index (χ0v) is 12.8. The summed E-state index contributed by atoms with van der Waals surface area (Å²) in [4.78, 5) is 0. The fraction of sp³-hybridized carbons (Fsp3) is 0.600. The van der Waals surface area contributed by atoms with E-state index >= 15 is 0 Å². The summed E-state index contributed by atoms with van der Waals surface area (Å²) in [6.07, 6.45) is 4.45. The molecule has 0 aromatic heterocycles. The first-order valence-electron chi connectivity index (χ1n) is 6.99. The summed E-state index contributed by atoms with van der Waals surface area (Å²) in [5.41, 5.74) is 7.75. The lowest BCUT2D eigenvalue weighted by molar-refractivity contribution is 0.308. The molecule has 20 heavy (non-hydrogen) atoms. The highest BCUT2D eigenvalue weighted by Crippen LogP contribution is 2.35. The van der Waals surface area contributed by atoms with Crippen molar-refractivity contribution in [1.29, 1.82) is 0 Å². The van der Waals surface area contributed by atoms with Crippen molar-refractivity contribution in [3.63, 3.8) is 0 Å². The highest BCUT2D eigenvalue weighted by molar-refractivity contribution is 7.91. The molecule has 3 nitrogen and oxygen atoms in total. The van der Waals surface area contributed by atoms with Crippen molar-refractivity contribution in [1.82, 2.24) is 0 Å². The van der Waals surface area contributed by atoms with Crippen molar-refractivity contribution in [2.75, 3.05) is 6.26 Å². The van der Waals surface area contributed by atoms with Crippen LogP contribution in [0.1, 0.15) is 42.9 Å². The Morgan fingerprint density at radius 1 is 1.35 bits per heavy atom. The van der Waals surface area contributed by atoms with Gasteiger partial charge in [-0.2, -0.15) is 0 Å². The fourth-order valence-electron chi connectivity index (χ4n) is 3.04. The molecule has 112 valence electrons. The van der Waals surface area contributed by atoms with Gasteiger partial charge >= 0.3 is 0 Å². The molecule has 0 amide bonds. The van der Waals surface area contributed by atoms with E-state index < -0.39 is 9.84 Å². The van der Waals surface area contributed by atoms with Gasteiger partial charge in [0.15, 0.2) is 0 Å².